The molecule has 3 aromatic rings. The Morgan fingerprint density at radius 1 is 0.875 bits per heavy atom. The molecule has 2 aromatic carbocycles. The Morgan fingerprint density at radius 2 is 1.46 bits per heavy atom. The van der Waals surface area contributed by atoms with Gasteiger partial charge >= 0.3 is 0 Å². The molecule has 116 valence electrons. The highest BCUT2D eigenvalue weighted by Crippen LogP contribution is 2.29. The molecule has 1 aromatic heterocycles. The fourth-order valence-electron chi connectivity index (χ4n) is 2.80. The van der Waals surface area contributed by atoms with Crippen LogP contribution in [-0.2, 0) is 0 Å². The van der Waals surface area contributed by atoms with E-state index in [1.807, 2.05) is 12.1 Å². The zero-order valence-corrected chi connectivity index (χ0v) is 12.4. The number of pyridine rings is 1. The predicted octanol–water partition coefficient (Wildman–Crippen LogP) is 2.18. The van der Waals surface area contributed by atoms with Crippen molar-refractivity contribution in [1.82, 2.24) is 15.4 Å². The molecule has 0 spiro atoms. The van der Waals surface area contributed by atoms with Crippen molar-refractivity contribution in [2.75, 3.05) is 0 Å². The van der Waals surface area contributed by atoms with Gasteiger partial charge in [0, 0.05) is 23.3 Å². The van der Waals surface area contributed by atoms with Gasteiger partial charge in [-0.3, -0.25) is 24.8 Å². The van der Waals surface area contributed by atoms with Crippen molar-refractivity contribution in [3.8, 4) is 0 Å². The molecular formula is C18H11N3O3. The van der Waals surface area contributed by atoms with Crippen molar-refractivity contribution >= 4 is 28.5 Å². The Bertz CT molecular complexity index is 948. The van der Waals surface area contributed by atoms with Crippen molar-refractivity contribution in [2.45, 2.75) is 0 Å². The fraction of sp³-hybridized carbons (Fsp3) is 0. The van der Waals surface area contributed by atoms with Gasteiger partial charge in [-0.25, -0.2) is 0 Å². The minimum Gasteiger partial charge on any atom is -0.267 e. The first kappa shape index (κ1) is 14.1. The minimum absolute atomic E-state index is 0.308. The molecule has 2 heterocycles. The van der Waals surface area contributed by atoms with Crippen LogP contribution in [-0.4, -0.2) is 27.7 Å². The van der Waals surface area contributed by atoms with Gasteiger partial charge in [-0.1, -0.05) is 24.3 Å². The van der Waals surface area contributed by atoms with Gasteiger partial charge < -0.3 is 0 Å². The molecule has 0 bridgehead atoms. The molecule has 0 fully saturated rings. The number of rotatable bonds is 2. The van der Waals surface area contributed by atoms with Gasteiger partial charge in [0.1, 0.15) is 0 Å². The van der Waals surface area contributed by atoms with Crippen LogP contribution in [0.1, 0.15) is 31.1 Å². The maximum atomic E-state index is 12.7. The number of hydrogen-bond donors (Lipinski definition) is 1. The summed E-state index contributed by atoms with van der Waals surface area (Å²) in [6.45, 7) is 0. The Hall–Kier alpha value is -3.54. The summed E-state index contributed by atoms with van der Waals surface area (Å²) in [7, 11) is 0. The highest BCUT2D eigenvalue weighted by Gasteiger charge is 2.34. The molecule has 1 aliphatic rings. The van der Waals surface area contributed by atoms with Crippen LogP contribution in [0.2, 0.25) is 0 Å². The number of benzene rings is 2. The molecule has 0 saturated heterocycles. The topological polar surface area (TPSA) is 79.4 Å². The molecule has 4 rings (SSSR count). The average Bonchev–Trinajstić information content (AvgIpc) is 2.63. The second-order valence-electron chi connectivity index (χ2n) is 5.33. The lowest BCUT2D eigenvalue weighted by Crippen LogP contribution is -2.51. The predicted molar refractivity (Wildman–Crippen MR) is 86.2 cm³/mol. The van der Waals surface area contributed by atoms with E-state index in [9.17, 15) is 14.4 Å². The van der Waals surface area contributed by atoms with Crippen LogP contribution in [0.5, 0.6) is 0 Å². The number of nitrogens with zero attached hydrogens (tertiary/aromatic N) is 2. The summed E-state index contributed by atoms with van der Waals surface area (Å²) in [5.74, 6) is -1.65. The molecule has 0 aliphatic carbocycles. The minimum atomic E-state index is -0.550. The standard InChI is InChI=1S/C18H11N3O3/c22-16(12-7-9-19-10-8-12)20-21-17(23)13-5-1-3-11-4-2-6-14(15(11)13)18(21)24/h1-10H,(H,20,22). The zero-order valence-electron chi connectivity index (χ0n) is 12.4. The molecule has 1 N–H and O–H groups in total. The number of carbonyl (C=O) groups is 3. The highest BCUT2D eigenvalue weighted by atomic mass is 16.2. The van der Waals surface area contributed by atoms with E-state index in [4.69, 9.17) is 0 Å². The van der Waals surface area contributed by atoms with E-state index in [2.05, 4.69) is 10.4 Å². The average molecular weight is 317 g/mol. The highest BCUT2D eigenvalue weighted by molar-refractivity contribution is 6.25. The maximum absolute atomic E-state index is 12.7. The van der Waals surface area contributed by atoms with Crippen LogP contribution in [0.25, 0.3) is 10.8 Å². The molecule has 6 heteroatoms. The number of amides is 3. The van der Waals surface area contributed by atoms with E-state index >= 15 is 0 Å². The zero-order chi connectivity index (χ0) is 16.7. The van der Waals surface area contributed by atoms with Gasteiger partial charge in [0.2, 0.25) is 0 Å². The molecular weight excluding hydrogens is 306 g/mol. The van der Waals surface area contributed by atoms with E-state index in [-0.39, 0.29) is 0 Å². The van der Waals surface area contributed by atoms with Crippen molar-refractivity contribution < 1.29 is 14.4 Å². The molecule has 0 saturated carbocycles. The van der Waals surface area contributed by atoms with E-state index in [1.165, 1.54) is 24.5 Å². The summed E-state index contributed by atoms with van der Waals surface area (Å²) in [6.07, 6.45) is 2.93. The number of carbonyl (C=O) groups excluding carboxylic acids is 3. The number of aromatic nitrogens is 1. The second-order valence-corrected chi connectivity index (χ2v) is 5.33. The summed E-state index contributed by atoms with van der Waals surface area (Å²) in [5, 5.41) is 2.19. The molecule has 24 heavy (non-hydrogen) atoms. The van der Waals surface area contributed by atoms with Crippen LogP contribution < -0.4 is 5.43 Å². The maximum Gasteiger partial charge on any atom is 0.280 e. The first-order valence-corrected chi connectivity index (χ1v) is 7.28. The van der Waals surface area contributed by atoms with E-state index in [1.54, 1.807) is 24.3 Å². The lowest BCUT2D eigenvalue weighted by Gasteiger charge is -2.27. The van der Waals surface area contributed by atoms with Crippen LogP contribution >= 0.6 is 0 Å². The summed E-state index contributed by atoms with van der Waals surface area (Å²) < 4.78 is 0. The van der Waals surface area contributed by atoms with Gasteiger partial charge in [0.05, 0.1) is 11.1 Å². The first-order valence-electron chi connectivity index (χ1n) is 7.28. The molecule has 3 amide bonds. The third-order valence-corrected chi connectivity index (χ3v) is 3.93. The van der Waals surface area contributed by atoms with E-state index in [0.717, 1.165) is 10.4 Å². The molecule has 0 unspecified atom stereocenters. The SMILES string of the molecule is O=C(NN1C(=O)c2cccc3cccc(c23)C1=O)c1ccncc1. The van der Waals surface area contributed by atoms with Gasteiger partial charge in [-0.15, -0.1) is 0 Å². The smallest absolute Gasteiger partial charge is 0.267 e. The fourth-order valence-corrected chi connectivity index (χ4v) is 2.80. The molecule has 0 atom stereocenters. The Morgan fingerprint density at radius 3 is 2.04 bits per heavy atom. The third-order valence-electron chi connectivity index (χ3n) is 3.93. The largest absolute Gasteiger partial charge is 0.280 e. The van der Waals surface area contributed by atoms with Gasteiger partial charge in [-0.2, -0.15) is 5.01 Å². The monoisotopic (exact) mass is 317 g/mol. The number of imide groups is 1. The summed E-state index contributed by atoms with van der Waals surface area (Å²) in [4.78, 5) is 41.4. The number of hydrazine groups is 1. The van der Waals surface area contributed by atoms with E-state index < -0.39 is 17.7 Å². The first-order chi connectivity index (χ1) is 11.7. The van der Waals surface area contributed by atoms with Crippen molar-refractivity contribution in [2.24, 2.45) is 0 Å². The normalized spacial score (nSPS) is 13.2. The summed E-state index contributed by atoms with van der Waals surface area (Å²) in [5.41, 5.74) is 3.47. The summed E-state index contributed by atoms with van der Waals surface area (Å²) >= 11 is 0. The van der Waals surface area contributed by atoms with Gasteiger partial charge in [0.25, 0.3) is 17.7 Å². The van der Waals surface area contributed by atoms with Gasteiger partial charge in [0.15, 0.2) is 0 Å². The van der Waals surface area contributed by atoms with E-state index in [0.29, 0.717) is 22.1 Å². The molecule has 0 radical (unpaired) electrons. The quantitative estimate of drug-likeness (QED) is 0.735. The Kier molecular flexibility index (Phi) is 3.09. The van der Waals surface area contributed by atoms with Gasteiger partial charge in [-0.05, 0) is 29.7 Å². The Balaban J connectivity index is 1.76. The molecule has 6 nitrogen and oxygen atoms in total. The van der Waals surface area contributed by atoms with Crippen LogP contribution in [0.15, 0.2) is 60.9 Å². The lowest BCUT2D eigenvalue weighted by molar-refractivity contribution is 0.0479. The Labute approximate surface area is 136 Å². The number of nitrogens with one attached hydrogen (secondary N) is 1. The summed E-state index contributed by atoms with van der Waals surface area (Å²) in [6, 6.07) is 13.5. The third kappa shape index (κ3) is 2.04. The van der Waals surface area contributed by atoms with Crippen LogP contribution in [0.4, 0.5) is 0 Å². The second kappa shape index (κ2) is 5.27. The lowest BCUT2D eigenvalue weighted by atomic mass is 9.95. The number of hydrogen-bond acceptors (Lipinski definition) is 4. The van der Waals surface area contributed by atoms with Crippen molar-refractivity contribution in [1.29, 1.82) is 0 Å². The van der Waals surface area contributed by atoms with Crippen molar-refractivity contribution in [3.05, 3.63) is 77.6 Å². The van der Waals surface area contributed by atoms with Crippen molar-refractivity contribution in [3.63, 3.8) is 0 Å². The molecule has 1 aliphatic heterocycles. The van der Waals surface area contributed by atoms with Crippen LogP contribution in [0, 0.1) is 0 Å². The van der Waals surface area contributed by atoms with Crippen LogP contribution in [0.3, 0.4) is 0 Å².